The molecule has 0 radical (unpaired) electrons. The van der Waals surface area contributed by atoms with Crippen molar-refractivity contribution in [1.82, 2.24) is 5.32 Å². The lowest BCUT2D eigenvalue weighted by Gasteiger charge is -2.36. The van der Waals surface area contributed by atoms with Gasteiger partial charge in [0.2, 0.25) is 0 Å². The largest absolute Gasteiger partial charge is 0.314 e. The minimum Gasteiger partial charge on any atom is -0.314 e. The van der Waals surface area contributed by atoms with Gasteiger partial charge in [-0.25, -0.2) is 0 Å². The molecule has 0 saturated heterocycles. The second-order valence-electron chi connectivity index (χ2n) is 6.57. The molecule has 3 atom stereocenters. The van der Waals surface area contributed by atoms with Crippen molar-refractivity contribution in [2.75, 3.05) is 6.54 Å². The summed E-state index contributed by atoms with van der Waals surface area (Å²) in [6.45, 7) is 3.65. The molecule has 1 nitrogen and oxygen atoms in total. The van der Waals surface area contributed by atoms with E-state index in [0.717, 1.165) is 23.8 Å². The first-order valence-electron chi connectivity index (χ1n) is 8.11. The van der Waals surface area contributed by atoms with Crippen LogP contribution in [0.5, 0.6) is 0 Å². The van der Waals surface area contributed by atoms with Crippen molar-refractivity contribution in [2.24, 2.45) is 17.8 Å². The molecule has 2 aliphatic carbocycles. The molecular weight excluding hydrogens is 250 g/mol. The van der Waals surface area contributed by atoms with Crippen LogP contribution in [0, 0.1) is 17.8 Å². The summed E-state index contributed by atoms with van der Waals surface area (Å²) in [6, 6.07) is 5.40. The quantitative estimate of drug-likeness (QED) is 0.808. The molecule has 106 valence electrons. The van der Waals surface area contributed by atoms with Gasteiger partial charge in [0.05, 0.1) is 0 Å². The molecule has 3 rings (SSSR count). The fourth-order valence-corrected chi connectivity index (χ4v) is 4.41. The molecule has 0 amide bonds. The van der Waals surface area contributed by atoms with Crippen LogP contribution in [0.1, 0.15) is 50.3 Å². The van der Waals surface area contributed by atoms with E-state index in [9.17, 15) is 0 Å². The highest BCUT2D eigenvalue weighted by Crippen LogP contribution is 2.38. The van der Waals surface area contributed by atoms with E-state index in [1.165, 1.54) is 51.5 Å². The van der Waals surface area contributed by atoms with Gasteiger partial charge >= 0.3 is 0 Å². The van der Waals surface area contributed by atoms with Crippen LogP contribution in [0.25, 0.3) is 0 Å². The van der Waals surface area contributed by atoms with Crippen molar-refractivity contribution in [2.45, 2.75) is 57.9 Å². The van der Waals surface area contributed by atoms with E-state index in [1.54, 1.807) is 4.88 Å². The molecular formula is C17H27NS. The van der Waals surface area contributed by atoms with Gasteiger partial charge < -0.3 is 5.32 Å². The summed E-state index contributed by atoms with van der Waals surface area (Å²) in [6.07, 6.45) is 9.92. The van der Waals surface area contributed by atoms with Crippen molar-refractivity contribution >= 4 is 11.3 Å². The maximum atomic E-state index is 3.77. The van der Waals surface area contributed by atoms with Crippen LogP contribution in [-0.4, -0.2) is 12.6 Å². The molecule has 0 spiro atoms. The Balaban J connectivity index is 1.58. The Morgan fingerprint density at radius 1 is 1.21 bits per heavy atom. The Morgan fingerprint density at radius 2 is 2.11 bits per heavy atom. The molecule has 19 heavy (non-hydrogen) atoms. The van der Waals surface area contributed by atoms with Crippen molar-refractivity contribution in [3.05, 3.63) is 22.4 Å². The lowest BCUT2D eigenvalue weighted by molar-refractivity contribution is 0.171. The van der Waals surface area contributed by atoms with Crippen LogP contribution in [0.3, 0.4) is 0 Å². The van der Waals surface area contributed by atoms with Gasteiger partial charge in [0.15, 0.2) is 0 Å². The first-order chi connectivity index (χ1) is 9.35. The van der Waals surface area contributed by atoms with Crippen molar-refractivity contribution in [1.29, 1.82) is 0 Å². The molecule has 1 heterocycles. The fraction of sp³-hybridized carbons (Fsp3) is 0.765. The van der Waals surface area contributed by atoms with Crippen LogP contribution in [-0.2, 0) is 6.42 Å². The summed E-state index contributed by atoms with van der Waals surface area (Å²) in [5.41, 5.74) is 0. The summed E-state index contributed by atoms with van der Waals surface area (Å²) >= 11 is 1.94. The summed E-state index contributed by atoms with van der Waals surface area (Å²) < 4.78 is 0. The molecule has 2 saturated carbocycles. The maximum absolute atomic E-state index is 3.77. The molecule has 0 bridgehead atoms. The van der Waals surface area contributed by atoms with Gasteiger partial charge in [-0.2, -0.15) is 0 Å². The monoisotopic (exact) mass is 277 g/mol. The van der Waals surface area contributed by atoms with Gasteiger partial charge in [-0.05, 0) is 67.8 Å². The molecule has 3 unspecified atom stereocenters. The van der Waals surface area contributed by atoms with E-state index in [0.29, 0.717) is 0 Å². The Bertz CT molecular complexity index is 369. The van der Waals surface area contributed by atoms with Crippen LogP contribution in [0.15, 0.2) is 17.5 Å². The van der Waals surface area contributed by atoms with Crippen molar-refractivity contribution in [3.8, 4) is 0 Å². The average molecular weight is 277 g/mol. The predicted molar refractivity (Wildman–Crippen MR) is 83.7 cm³/mol. The molecule has 1 aromatic rings. The van der Waals surface area contributed by atoms with Crippen LogP contribution in [0.2, 0.25) is 0 Å². The van der Waals surface area contributed by atoms with E-state index in [1.807, 2.05) is 11.3 Å². The summed E-state index contributed by atoms with van der Waals surface area (Å²) in [7, 11) is 0. The highest BCUT2D eigenvalue weighted by molar-refractivity contribution is 7.09. The van der Waals surface area contributed by atoms with Crippen molar-refractivity contribution in [3.63, 3.8) is 0 Å². The number of hydrogen-bond donors (Lipinski definition) is 1. The second-order valence-corrected chi connectivity index (χ2v) is 7.61. The molecule has 1 aromatic heterocycles. The molecule has 0 aliphatic heterocycles. The molecule has 2 aliphatic rings. The number of nitrogens with one attached hydrogen (secondary N) is 1. The standard InChI is InChI=1S/C17H27NS/c1-2-13-5-6-14(12-18-16-7-8-16)15(10-13)11-17-4-3-9-19-17/h3-4,9,13-16,18H,2,5-8,10-12H2,1H3. The lowest BCUT2D eigenvalue weighted by atomic mass is 9.71. The van der Waals surface area contributed by atoms with Gasteiger partial charge in [0.1, 0.15) is 0 Å². The zero-order valence-corrected chi connectivity index (χ0v) is 12.9. The van der Waals surface area contributed by atoms with Crippen LogP contribution >= 0.6 is 11.3 Å². The molecule has 2 fully saturated rings. The van der Waals surface area contributed by atoms with E-state index in [-0.39, 0.29) is 0 Å². The fourth-order valence-electron chi connectivity index (χ4n) is 3.61. The Kier molecular flexibility index (Phi) is 4.60. The highest BCUT2D eigenvalue weighted by Gasteiger charge is 2.31. The number of thiophene rings is 1. The Hall–Kier alpha value is -0.340. The SMILES string of the molecule is CCC1CCC(CNC2CC2)C(Cc2cccs2)C1. The molecule has 2 heteroatoms. The van der Waals surface area contributed by atoms with Gasteiger partial charge in [-0.15, -0.1) is 11.3 Å². The van der Waals surface area contributed by atoms with E-state index in [4.69, 9.17) is 0 Å². The minimum absolute atomic E-state index is 0.867. The summed E-state index contributed by atoms with van der Waals surface area (Å²) in [4.78, 5) is 1.60. The molecule has 1 N–H and O–H groups in total. The smallest absolute Gasteiger partial charge is 0.00683 e. The normalized spacial score (nSPS) is 31.5. The third kappa shape index (κ3) is 3.82. The summed E-state index contributed by atoms with van der Waals surface area (Å²) in [5, 5.41) is 6.00. The third-order valence-corrected chi connectivity index (χ3v) is 6.01. The Labute approximate surface area is 121 Å². The zero-order valence-electron chi connectivity index (χ0n) is 12.1. The first kappa shape index (κ1) is 13.6. The summed E-state index contributed by atoms with van der Waals surface area (Å²) in [5.74, 6) is 2.83. The highest BCUT2D eigenvalue weighted by atomic mass is 32.1. The number of hydrogen-bond acceptors (Lipinski definition) is 2. The van der Waals surface area contributed by atoms with Gasteiger partial charge in [0, 0.05) is 10.9 Å². The van der Waals surface area contributed by atoms with Crippen molar-refractivity contribution < 1.29 is 0 Å². The van der Waals surface area contributed by atoms with Gasteiger partial charge in [-0.1, -0.05) is 25.8 Å². The van der Waals surface area contributed by atoms with Crippen LogP contribution < -0.4 is 5.32 Å². The maximum Gasteiger partial charge on any atom is 0.00683 e. The topological polar surface area (TPSA) is 12.0 Å². The first-order valence-corrected chi connectivity index (χ1v) is 8.99. The Morgan fingerprint density at radius 3 is 2.79 bits per heavy atom. The third-order valence-electron chi connectivity index (χ3n) is 5.12. The van der Waals surface area contributed by atoms with Gasteiger partial charge in [-0.3, -0.25) is 0 Å². The predicted octanol–water partition coefficient (Wildman–Crippen LogP) is 4.49. The minimum atomic E-state index is 0.867. The molecule has 0 aromatic carbocycles. The second kappa shape index (κ2) is 6.41. The zero-order chi connectivity index (χ0) is 13.1. The van der Waals surface area contributed by atoms with E-state index in [2.05, 4.69) is 29.8 Å². The van der Waals surface area contributed by atoms with Gasteiger partial charge in [0.25, 0.3) is 0 Å². The van der Waals surface area contributed by atoms with E-state index >= 15 is 0 Å². The number of rotatable bonds is 6. The van der Waals surface area contributed by atoms with E-state index < -0.39 is 0 Å². The average Bonchev–Trinajstić information content (AvgIpc) is 3.13. The lowest BCUT2D eigenvalue weighted by Crippen LogP contribution is -2.34. The van der Waals surface area contributed by atoms with Crippen LogP contribution in [0.4, 0.5) is 0 Å².